The van der Waals surface area contributed by atoms with E-state index in [9.17, 15) is 4.79 Å². The van der Waals surface area contributed by atoms with Crippen molar-refractivity contribution < 1.29 is 19.1 Å². The van der Waals surface area contributed by atoms with Crippen LogP contribution in [0.2, 0.25) is 0 Å². The molecule has 1 atom stereocenters. The fourth-order valence-corrected chi connectivity index (χ4v) is 3.79. The molecular weight excluding hydrogens is 412 g/mol. The molecular formula is C24H38N2O4S. The van der Waals surface area contributed by atoms with E-state index in [1.807, 2.05) is 0 Å². The van der Waals surface area contributed by atoms with Gasteiger partial charge in [0.1, 0.15) is 6.61 Å². The molecule has 1 heterocycles. The molecule has 0 spiro atoms. The predicted octanol–water partition coefficient (Wildman–Crippen LogP) is 4.75. The summed E-state index contributed by atoms with van der Waals surface area (Å²) in [6, 6.07) is 8.85. The summed E-state index contributed by atoms with van der Waals surface area (Å²) in [6.07, 6.45) is 6.83. The zero-order valence-corrected chi connectivity index (χ0v) is 20.1. The van der Waals surface area contributed by atoms with Gasteiger partial charge in [-0.3, -0.25) is 9.69 Å². The van der Waals surface area contributed by atoms with Crippen LogP contribution in [-0.4, -0.2) is 68.4 Å². The highest BCUT2D eigenvalue weighted by molar-refractivity contribution is 7.98. The fourth-order valence-electron chi connectivity index (χ4n) is 3.38. The number of hydrogen-bond donors (Lipinski definition) is 0. The van der Waals surface area contributed by atoms with Gasteiger partial charge in [-0.15, -0.1) is 11.8 Å². The van der Waals surface area contributed by atoms with Gasteiger partial charge in [-0.1, -0.05) is 30.6 Å². The third-order valence-electron chi connectivity index (χ3n) is 5.38. The van der Waals surface area contributed by atoms with Crippen LogP contribution in [0, 0.1) is 0 Å². The second kappa shape index (κ2) is 15.3. The number of carbonyl (C=O) groups excluding carboxylic acids is 1. The molecule has 1 aromatic rings. The van der Waals surface area contributed by atoms with Crippen LogP contribution in [0.15, 0.2) is 34.3 Å². The number of carbonyl (C=O) groups is 1. The largest absolute Gasteiger partial charge is 0.466 e. The molecule has 1 saturated heterocycles. The Kier molecular flexibility index (Phi) is 12.7. The maximum absolute atomic E-state index is 11.7. The van der Waals surface area contributed by atoms with E-state index in [-0.39, 0.29) is 5.97 Å². The van der Waals surface area contributed by atoms with Crippen LogP contribution in [-0.2, 0) is 19.1 Å². The van der Waals surface area contributed by atoms with Crippen molar-refractivity contribution in [1.29, 1.82) is 0 Å². The number of hydrogen-bond acceptors (Lipinski definition) is 7. The van der Waals surface area contributed by atoms with Crippen LogP contribution in [0.3, 0.4) is 0 Å². The third kappa shape index (κ3) is 10.1. The first kappa shape index (κ1) is 25.7. The molecule has 0 radical (unpaired) electrons. The van der Waals surface area contributed by atoms with Gasteiger partial charge in [0.25, 0.3) is 0 Å². The Labute approximate surface area is 191 Å². The monoisotopic (exact) mass is 450 g/mol. The van der Waals surface area contributed by atoms with E-state index in [0.717, 1.165) is 69.7 Å². The maximum Gasteiger partial charge on any atom is 0.305 e. The van der Waals surface area contributed by atoms with Crippen molar-refractivity contribution in [1.82, 2.24) is 4.90 Å². The second-order valence-corrected chi connectivity index (χ2v) is 8.71. The van der Waals surface area contributed by atoms with Gasteiger partial charge >= 0.3 is 5.97 Å². The maximum atomic E-state index is 11.7. The molecule has 174 valence electrons. The molecule has 2 rings (SSSR count). The topological polar surface area (TPSA) is 60.4 Å². The highest BCUT2D eigenvalue weighted by Crippen LogP contribution is 2.18. The minimum atomic E-state index is -0.120. The number of esters is 1. The Morgan fingerprint density at radius 1 is 1.16 bits per heavy atom. The minimum absolute atomic E-state index is 0.120. The van der Waals surface area contributed by atoms with Crippen LogP contribution in [0.1, 0.15) is 57.9 Å². The van der Waals surface area contributed by atoms with Gasteiger partial charge in [0.15, 0.2) is 0 Å². The molecule has 1 unspecified atom stereocenters. The molecule has 0 saturated carbocycles. The molecule has 0 bridgehead atoms. The van der Waals surface area contributed by atoms with Crippen molar-refractivity contribution in [2.75, 3.05) is 45.8 Å². The van der Waals surface area contributed by atoms with E-state index in [0.29, 0.717) is 25.7 Å². The summed E-state index contributed by atoms with van der Waals surface area (Å²) in [5.41, 5.74) is 2.06. The molecule has 7 heteroatoms. The van der Waals surface area contributed by atoms with E-state index >= 15 is 0 Å². The molecule has 1 aliphatic rings. The Morgan fingerprint density at radius 2 is 1.90 bits per heavy atom. The van der Waals surface area contributed by atoms with Crippen molar-refractivity contribution in [2.45, 2.75) is 63.3 Å². The zero-order valence-electron chi connectivity index (χ0n) is 19.3. The lowest BCUT2D eigenvalue weighted by molar-refractivity contribution is -0.143. The summed E-state index contributed by atoms with van der Waals surface area (Å²) in [5.74, 6) is -0.120. The summed E-state index contributed by atoms with van der Waals surface area (Å²) in [6.45, 7) is 8.83. The number of nitrogens with zero attached hydrogens (tertiary/aromatic N) is 2. The molecule has 0 aromatic heterocycles. The lowest BCUT2D eigenvalue weighted by Gasteiger charge is -2.32. The standard InChI is InChI=1S/C24H38N2O4S/c1-4-5-15-29-24(27)8-6-7-16-30-25-23(21-9-11-22(31-3)12-10-21)19-20(2)26-13-17-28-18-14-26/h9-12,20H,4-8,13-19H2,1-3H3. The van der Waals surface area contributed by atoms with Gasteiger partial charge in [0.05, 0.1) is 25.5 Å². The average Bonchev–Trinajstić information content (AvgIpc) is 2.81. The Hall–Kier alpha value is -1.57. The molecule has 31 heavy (non-hydrogen) atoms. The van der Waals surface area contributed by atoms with Gasteiger partial charge < -0.3 is 14.3 Å². The van der Waals surface area contributed by atoms with Gasteiger partial charge in [-0.25, -0.2) is 0 Å². The number of ether oxygens (including phenoxy) is 2. The summed E-state index contributed by atoms with van der Waals surface area (Å²) in [4.78, 5) is 21.0. The Morgan fingerprint density at radius 3 is 2.58 bits per heavy atom. The van der Waals surface area contributed by atoms with Crippen molar-refractivity contribution in [3.8, 4) is 0 Å². The summed E-state index contributed by atoms with van der Waals surface area (Å²) in [5, 5.41) is 4.50. The number of benzene rings is 1. The number of thioether (sulfide) groups is 1. The molecule has 6 nitrogen and oxygen atoms in total. The van der Waals surface area contributed by atoms with Crippen LogP contribution < -0.4 is 0 Å². The van der Waals surface area contributed by atoms with E-state index in [4.69, 9.17) is 14.3 Å². The van der Waals surface area contributed by atoms with Gasteiger partial charge in [0.2, 0.25) is 0 Å². The Balaban J connectivity index is 1.85. The zero-order chi connectivity index (χ0) is 22.3. The number of unbranched alkanes of at least 4 members (excludes halogenated alkanes) is 2. The van der Waals surface area contributed by atoms with Crippen molar-refractivity contribution >= 4 is 23.4 Å². The SMILES string of the molecule is CCCCOC(=O)CCCCON=C(CC(C)N1CCOCC1)c1ccc(SC)cc1. The smallest absolute Gasteiger partial charge is 0.305 e. The molecule has 0 aliphatic carbocycles. The van der Waals surface area contributed by atoms with Crippen molar-refractivity contribution in [2.24, 2.45) is 5.16 Å². The van der Waals surface area contributed by atoms with Gasteiger partial charge in [-0.2, -0.15) is 0 Å². The first-order valence-corrected chi connectivity index (χ1v) is 12.7. The third-order valence-corrected chi connectivity index (χ3v) is 6.13. The van der Waals surface area contributed by atoms with E-state index in [2.05, 4.69) is 54.4 Å². The lowest BCUT2D eigenvalue weighted by atomic mass is 10.0. The number of oxime groups is 1. The van der Waals surface area contributed by atoms with Crippen molar-refractivity contribution in [3.63, 3.8) is 0 Å². The molecule has 1 aromatic carbocycles. The summed E-state index contributed by atoms with van der Waals surface area (Å²) >= 11 is 1.73. The number of morpholine rings is 1. The Bertz CT molecular complexity index is 660. The molecule has 0 amide bonds. The van der Waals surface area contributed by atoms with Crippen LogP contribution >= 0.6 is 11.8 Å². The van der Waals surface area contributed by atoms with Crippen LogP contribution in [0.25, 0.3) is 0 Å². The van der Waals surface area contributed by atoms with E-state index in [1.54, 1.807) is 11.8 Å². The predicted molar refractivity (Wildman–Crippen MR) is 127 cm³/mol. The molecule has 1 aliphatic heterocycles. The first-order chi connectivity index (χ1) is 15.1. The number of rotatable bonds is 14. The highest BCUT2D eigenvalue weighted by Gasteiger charge is 2.20. The fraction of sp³-hybridized carbons (Fsp3) is 0.667. The molecule has 1 fully saturated rings. The van der Waals surface area contributed by atoms with E-state index < -0.39 is 0 Å². The quantitative estimate of drug-likeness (QED) is 0.134. The van der Waals surface area contributed by atoms with Crippen molar-refractivity contribution in [3.05, 3.63) is 29.8 Å². The van der Waals surface area contributed by atoms with Gasteiger partial charge in [0, 0.05) is 36.9 Å². The summed E-state index contributed by atoms with van der Waals surface area (Å²) < 4.78 is 10.7. The van der Waals surface area contributed by atoms with Crippen LogP contribution in [0.5, 0.6) is 0 Å². The minimum Gasteiger partial charge on any atom is -0.466 e. The van der Waals surface area contributed by atoms with Gasteiger partial charge in [-0.05, 0) is 50.1 Å². The highest BCUT2D eigenvalue weighted by atomic mass is 32.2. The first-order valence-electron chi connectivity index (χ1n) is 11.4. The average molecular weight is 451 g/mol. The normalized spacial score (nSPS) is 16.2. The lowest BCUT2D eigenvalue weighted by Crippen LogP contribution is -2.43. The second-order valence-electron chi connectivity index (χ2n) is 7.83. The van der Waals surface area contributed by atoms with E-state index in [1.165, 1.54) is 4.90 Å². The molecule has 0 N–H and O–H groups in total. The van der Waals surface area contributed by atoms with Crippen LogP contribution in [0.4, 0.5) is 0 Å². The summed E-state index contributed by atoms with van der Waals surface area (Å²) in [7, 11) is 0.